The maximum Gasteiger partial charge on any atom is 0.120 e. The minimum absolute atomic E-state index is 0.135. The van der Waals surface area contributed by atoms with Gasteiger partial charge in [-0.05, 0) is 6.42 Å². The lowest BCUT2D eigenvalue weighted by Gasteiger charge is -2.01. The molecule has 1 heterocycles. The van der Waals surface area contributed by atoms with Crippen LogP contribution in [-0.4, -0.2) is 21.3 Å². The highest BCUT2D eigenvalue weighted by molar-refractivity contribution is 5.08. The highest BCUT2D eigenvalue weighted by Gasteiger charge is 1.98. The summed E-state index contributed by atoms with van der Waals surface area (Å²) in [5.41, 5.74) is 0. The number of nitrogens with zero attached hydrogens (tertiary/aromatic N) is 2. The van der Waals surface area contributed by atoms with E-state index in [1.165, 1.54) is 0 Å². The summed E-state index contributed by atoms with van der Waals surface area (Å²) < 4.78 is 2.12. The van der Waals surface area contributed by atoms with Gasteiger partial charge < -0.3 is 9.67 Å². The molecule has 0 aliphatic heterocycles. The highest BCUT2D eigenvalue weighted by atomic mass is 16.2. The second kappa shape index (κ2) is 6.22. The Bertz CT molecular complexity index is 320. The van der Waals surface area contributed by atoms with Crippen LogP contribution in [0.5, 0.6) is 0 Å². The maximum absolute atomic E-state index is 8.54. The van der Waals surface area contributed by atoms with Gasteiger partial charge in [-0.2, -0.15) is 0 Å². The van der Waals surface area contributed by atoms with E-state index in [9.17, 15) is 0 Å². The van der Waals surface area contributed by atoms with Crippen LogP contribution < -0.4 is 0 Å². The van der Waals surface area contributed by atoms with Crippen molar-refractivity contribution in [3.05, 3.63) is 18.2 Å². The number of aryl methyl sites for hydroxylation is 1. The number of aliphatic hydroxyl groups excluding tert-OH is 1. The lowest BCUT2D eigenvalue weighted by molar-refractivity contribution is 0.305. The third-order valence-electron chi connectivity index (χ3n) is 1.87. The van der Waals surface area contributed by atoms with E-state index in [1.807, 2.05) is 6.20 Å². The number of aromatic nitrogens is 2. The Balaban J connectivity index is 2.50. The molecule has 0 aliphatic rings. The Hall–Kier alpha value is -1.27. The van der Waals surface area contributed by atoms with Crippen molar-refractivity contribution in [1.29, 1.82) is 0 Å². The predicted octanol–water partition coefficient (Wildman–Crippen LogP) is 1.22. The molecule has 1 N–H and O–H groups in total. The zero-order valence-corrected chi connectivity index (χ0v) is 8.53. The van der Waals surface area contributed by atoms with Gasteiger partial charge in [0.15, 0.2) is 0 Å². The van der Waals surface area contributed by atoms with Crippen LogP contribution in [0.15, 0.2) is 12.4 Å². The molecule has 3 heteroatoms. The maximum atomic E-state index is 8.54. The molecule has 1 aromatic heterocycles. The summed E-state index contributed by atoms with van der Waals surface area (Å²) in [6.07, 6.45) is 6.11. The quantitative estimate of drug-likeness (QED) is 0.728. The summed E-state index contributed by atoms with van der Waals surface area (Å²) in [6.45, 7) is 3.27. The molecule has 1 rings (SSSR count). The van der Waals surface area contributed by atoms with Crippen LogP contribution in [-0.2, 0) is 13.0 Å². The summed E-state index contributed by atoms with van der Waals surface area (Å²) in [7, 11) is 0. The topological polar surface area (TPSA) is 38.0 Å². The highest BCUT2D eigenvalue weighted by Crippen LogP contribution is 1.99. The molecule has 0 unspecified atom stereocenters. The van der Waals surface area contributed by atoms with Crippen LogP contribution in [0.2, 0.25) is 0 Å². The molecule has 0 atom stereocenters. The van der Waals surface area contributed by atoms with Crippen molar-refractivity contribution in [2.45, 2.75) is 32.7 Å². The van der Waals surface area contributed by atoms with Crippen molar-refractivity contribution < 1.29 is 5.11 Å². The molecular weight excluding hydrogens is 176 g/mol. The zero-order valence-electron chi connectivity index (χ0n) is 8.53. The smallest absolute Gasteiger partial charge is 0.120 e. The first-order valence-corrected chi connectivity index (χ1v) is 4.95. The third-order valence-corrected chi connectivity index (χ3v) is 1.87. The van der Waals surface area contributed by atoms with Gasteiger partial charge in [-0.3, -0.25) is 0 Å². The van der Waals surface area contributed by atoms with E-state index in [1.54, 1.807) is 6.20 Å². The van der Waals surface area contributed by atoms with Crippen molar-refractivity contribution in [3.63, 3.8) is 0 Å². The lowest BCUT2D eigenvalue weighted by atomic mass is 10.3. The van der Waals surface area contributed by atoms with Crippen LogP contribution in [0.3, 0.4) is 0 Å². The van der Waals surface area contributed by atoms with E-state index in [0.29, 0.717) is 12.8 Å². The van der Waals surface area contributed by atoms with E-state index >= 15 is 0 Å². The third kappa shape index (κ3) is 3.23. The molecule has 14 heavy (non-hydrogen) atoms. The van der Waals surface area contributed by atoms with Crippen LogP contribution >= 0.6 is 0 Å². The molecule has 0 spiro atoms. The van der Waals surface area contributed by atoms with E-state index in [4.69, 9.17) is 5.11 Å². The van der Waals surface area contributed by atoms with Crippen LogP contribution in [0.1, 0.15) is 25.6 Å². The summed E-state index contributed by atoms with van der Waals surface area (Å²) in [4.78, 5) is 4.23. The fourth-order valence-electron chi connectivity index (χ4n) is 1.24. The van der Waals surface area contributed by atoms with E-state index < -0.39 is 0 Å². The Morgan fingerprint density at radius 1 is 1.50 bits per heavy atom. The van der Waals surface area contributed by atoms with Gasteiger partial charge in [-0.25, -0.2) is 4.98 Å². The Labute approximate surface area is 84.8 Å². The van der Waals surface area contributed by atoms with Gasteiger partial charge >= 0.3 is 0 Å². The fraction of sp³-hybridized carbons (Fsp3) is 0.545. The number of aliphatic hydroxyl groups is 1. The molecule has 0 amide bonds. The van der Waals surface area contributed by atoms with Crippen molar-refractivity contribution in [2.75, 3.05) is 6.61 Å². The van der Waals surface area contributed by atoms with Gasteiger partial charge in [0.2, 0.25) is 0 Å². The summed E-state index contributed by atoms with van der Waals surface area (Å²) in [6, 6.07) is 0. The predicted molar refractivity (Wildman–Crippen MR) is 55.7 cm³/mol. The molecule has 0 aromatic carbocycles. The number of hydrogen-bond acceptors (Lipinski definition) is 2. The zero-order chi connectivity index (χ0) is 10.2. The molecule has 3 nitrogen and oxygen atoms in total. The number of imidazole rings is 1. The second-order valence-corrected chi connectivity index (χ2v) is 3.04. The molecule has 0 bridgehead atoms. The normalized spacial score (nSPS) is 9.57. The molecule has 0 aliphatic carbocycles. The molecule has 0 saturated heterocycles. The van der Waals surface area contributed by atoms with Crippen molar-refractivity contribution in [2.24, 2.45) is 0 Å². The summed E-state index contributed by atoms with van der Waals surface area (Å²) in [5, 5.41) is 8.54. The van der Waals surface area contributed by atoms with Gasteiger partial charge in [0, 0.05) is 25.4 Å². The van der Waals surface area contributed by atoms with Crippen LogP contribution in [0.25, 0.3) is 0 Å². The molecular formula is C11H16N2O. The van der Waals surface area contributed by atoms with Gasteiger partial charge in [0.25, 0.3) is 0 Å². The SMILES string of the molecule is CCCn1ccnc1CC#CCCO. The first-order valence-electron chi connectivity index (χ1n) is 4.95. The summed E-state index contributed by atoms with van der Waals surface area (Å²) in [5.74, 6) is 6.89. The molecule has 76 valence electrons. The van der Waals surface area contributed by atoms with Gasteiger partial charge in [-0.15, -0.1) is 5.92 Å². The van der Waals surface area contributed by atoms with E-state index in [-0.39, 0.29) is 6.61 Å². The molecule has 0 radical (unpaired) electrons. The van der Waals surface area contributed by atoms with Crippen molar-refractivity contribution in [3.8, 4) is 11.8 Å². The van der Waals surface area contributed by atoms with Crippen LogP contribution in [0, 0.1) is 11.8 Å². The van der Waals surface area contributed by atoms with E-state index in [0.717, 1.165) is 18.8 Å². The average Bonchev–Trinajstić information content (AvgIpc) is 2.61. The lowest BCUT2D eigenvalue weighted by Crippen LogP contribution is -2.01. The van der Waals surface area contributed by atoms with Crippen LogP contribution in [0.4, 0.5) is 0 Å². The van der Waals surface area contributed by atoms with Crippen molar-refractivity contribution in [1.82, 2.24) is 9.55 Å². The second-order valence-electron chi connectivity index (χ2n) is 3.04. The Morgan fingerprint density at radius 2 is 2.36 bits per heavy atom. The number of hydrogen-bond donors (Lipinski definition) is 1. The first-order chi connectivity index (χ1) is 6.88. The van der Waals surface area contributed by atoms with Gasteiger partial charge in [0.1, 0.15) is 5.82 Å². The molecule has 1 aromatic rings. The fourth-order valence-corrected chi connectivity index (χ4v) is 1.24. The standard InChI is InChI=1S/C11H16N2O/c1-2-8-13-9-7-12-11(13)6-4-3-5-10-14/h7,9,14H,2,5-6,8,10H2,1H3. The average molecular weight is 192 g/mol. The molecule has 0 fully saturated rings. The van der Waals surface area contributed by atoms with Gasteiger partial charge in [-0.1, -0.05) is 12.8 Å². The Morgan fingerprint density at radius 3 is 3.07 bits per heavy atom. The minimum Gasteiger partial charge on any atom is -0.395 e. The van der Waals surface area contributed by atoms with E-state index in [2.05, 4.69) is 28.3 Å². The molecule has 0 saturated carbocycles. The Kier molecular flexibility index (Phi) is 4.81. The largest absolute Gasteiger partial charge is 0.395 e. The van der Waals surface area contributed by atoms with Gasteiger partial charge in [0.05, 0.1) is 13.0 Å². The van der Waals surface area contributed by atoms with Crippen molar-refractivity contribution >= 4 is 0 Å². The number of rotatable bonds is 4. The minimum atomic E-state index is 0.135. The monoisotopic (exact) mass is 192 g/mol. The summed E-state index contributed by atoms with van der Waals surface area (Å²) >= 11 is 0. The first kappa shape index (κ1) is 10.8.